The molecule has 0 saturated carbocycles. The number of ether oxygens (including phenoxy) is 3. The highest BCUT2D eigenvalue weighted by molar-refractivity contribution is 7.99. The van der Waals surface area contributed by atoms with E-state index in [0.29, 0.717) is 16.3 Å². The van der Waals surface area contributed by atoms with Gasteiger partial charge in [0.25, 0.3) is 8.32 Å². The predicted molar refractivity (Wildman–Crippen MR) is 173 cm³/mol. The van der Waals surface area contributed by atoms with Crippen molar-refractivity contribution in [3.8, 4) is 0 Å². The smallest absolute Gasteiger partial charge is 0.261 e. The molecule has 1 aliphatic rings. The Bertz CT molecular complexity index is 1490. The molecule has 3 heterocycles. The van der Waals surface area contributed by atoms with E-state index in [2.05, 4.69) is 72.2 Å². The van der Waals surface area contributed by atoms with E-state index in [-0.39, 0.29) is 16.8 Å². The van der Waals surface area contributed by atoms with E-state index in [1.165, 1.54) is 30.7 Å². The van der Waals surface area contributed by atoms with Crippen molar-refractivity contribution in [1.82, 2.24) is 25.0 Å². The summed E-state index contributed by atoms with van der Waals surface area (Å²) < 4.78 is 42.6. The van der Waals surface area contributed by atoms with E-state index < -0.39 is 39.0 Å². The van der Waals surface area contributed by atoms with Gasteiger partial charge in [0.1, 0.15) is 18.2 Å². The lowest BCUT2D eigenvalue weighted by Crippen LogP contribution is -2.67. The number of nitrogens with zero attached hydrogens (tertiary/aromatic N) is 5. The second-order valence-corrected chi connectivity index (χ2v) is 17.5. The van der Waals surface area contributed by atoms with E-state index >= 15 is 4.39 Å². The van der Waals surface area contributed by atoms with Crippen molar-refractivity contribution in [2.24, 2.45) is 0 Å². The van der Waals surface area contributed by atoms with E-state index in [0.717, 1.165) is 22.5 Å². The fourth-order valence-corrected chi connectivity index (χ4v) is 11.5. The van der Waals surface area contributed by atoms with Crippen LogP contribution in [0.1, 0.15) is 40.2 Å². The molecule has 0 radical (unpaired) electrons. The number of alkyl halides is 1. The van der Waals surface area contributed by atoms with Gasteiger partial charge in [0, 0.05) is 20.0 Å². The molecule has 0 spiro atoms. The summed E-state index contributed by atoms with van der Waals surface area (Å²) in [4.78, 5) is 9.06. The molecule has 0 amide bonds. The molecular weight excluding hydrogens is 621 g/mol. The number of aromatic nitrogens is 5. The summed E-state index contributed by atoms with van der Waals surface area (Å²) >= 11 is 7.97. The van der Waals surface area contributed by atoms with Gasteiger partial charge in [-0.25, -0.2) is 19.0 Å². The minimum Gasteiger partial charge on any atom is -0.405 e. The van der Waals surface area contributed by atoms with Crippen molar-refractivity contribution >= 4 is 53.2 Å². The van der Waals surface area contributed by atoms with E-state index in [1.807, 2.05) is 36.4 Å². The lowest BCUT2D eigenvalue weighted by molar-refractivity contribution is -0.187. The molecule has 44 heavy (non-hydrogen) atoms. The highest BCUT2D eigenvalue weighted by Crippen LogP contribution is 2.41. The van der Waals surface area contributed by atoms with Crippen molar-refractivity contribution < 1.29 is 23.0 Å². The summed E-state index contributed by atoms with van der Waals surface area (Å²) in [5.74, 6) is 0.808. The van der Waals surface area contributed by atoms with Gasteiger partial charge < -0.3 is 18.6 Å². The topological polar surface area (TPSA) is 93.4 Å². The van der Waals surface area contributed by atoms with Gasteiger partial charge in [-0.2, -0.15) is 0 Å². The minimum atomic E-state index is -2.97. The van der Waals surface area contributed by atoms with Gasteiger partial charge in [0.2, 0.25) is 0 Å². The van der Waals surface area contributed by atoms with Crippen molar-refractivity contribution in [2.75, 3.05) is 26.6 Å². The number of rotatable bonds is 12. The van der Waals surface area contributed by atoms with Crippen LogP contribution in [0.2, 0.25) is 10.2 Å². The average Bonchev–Trinajstić information content (AvgIpc) is 3.58. The number of hydrogen-bond acceptors (Lipinski definition) is 9. The Morgan fingerprint density at radius 1 is 1.02 bits per heavy atom. The fraction of sp³-hybridized carbons (Fsp3) is 0.484. The zero-order valence-corrected chi connectivity index (χ0v) is 28.4. The molecule has 0 aliphatic carbocycles. The Labute approximate surface area is 267 Å². The van der Waals surface area contributed by atoms with Gasteiger partial charge in [-0.3, -0.25) is 0 Å². The number of methoxy groups -OCH3 is 2. The van der Waals surface area contributed by atoms with Crippen LogP contribution < -0.4 is 10.4 Å². The third kappa shape index (κ3) is 6.18. The molecule has 4 aromatic rings. The Morgan fingerprint density at radius 2 is 1.64 bits per heavy atom. The van der Waals surface area contributed by atoms with E-state index in [1.54, 1.807) is 0 Å². The standard InChI is InChI=1S/C31H39ClFN5O4SSi/c1-7-18-43-30-34-27(32)24-28(35-30)38(37-36-24)25-22(42-26(23(25)33)29(39-5)40-6)19-41-44(31(2,3)4,20-14-10-8-11-15-20)21-16-12-9-13-17-21/h8-17,22-23,25-26,29H,7,18-19H2,1-6H3/t22-,23+,25-,26+/m0/s1. The third-order valence-corrected chi connectivity index (χ3v) is 14.3. The van der Waals surface area contributed by atoms with Crippen LogP contribution in [-0.4, -0.2) is 84.5 Å². The molecule has 2 aromatic heterocycles. The average molecular weight is 660 g/mol. The Kier molecular flexibility index (Phi) is 10.4. The molecule has 4 atom stereocenters. The van der Waals surface area contributed by atoms with Crippen LogP contribution in [0.5, 0.6) is 0 Å². The molecule has 236 valence electrons. The van der Waals surface area contributed by atoms with Crippen LogP contribution in [-0.2, 0) is 18.6 Å². The van der Waals surface area contributed by atoms with Crippen molar-refractivity contribution in [1.29, 1.82) is 0 Å². The summed E-state index contributed by atoms with van der Waals surface area (Å²) in [7, 11) is -0.0483. The SMILES string of the molecule is CCCSc1nc(Cl)c2nnn([C@@H]3[C@@H](F)[C@H](C(OC)OC)O[C@H]3CO[Si](c3ccccc3)(c3ccccc3)C(C)(C)C)c2n1. The maximum Gasteiger partial charge on any atom is 0.261 e. The van der Waals surface area contributed by atoms with Crippen molar-refractivity contribution in [2.45, 2.75) is 75.0 Å². The number of benzene rings is 2. The Balaban J connectivity index is 1.60. The van der Waals surface area contributed by atoms with Gasteiger partial charge in [0.15, 0.2) is 33.9 Å². The molecule has 1 aliphatic heterocycles. The lowest BCUT2D eigenvalue weighted by atomic mass is 10.1. The summed E-state index contributed by atoms with van der Waals surface area (Å²) in [6, 6.07) is 19.6. The van der Waals surface area contributed by atoms with E-state index in [4.69, 9.17) is 30.2 Å². The van der Waals surface area contributed by atoms with Crippen LogP contribution in [0, 0.1) is 0 Å². The van der Waals surface area contributed by atoms with Gasteiger partial charge in [-0.15, -0.1) is 5.10 Å². The van der Waals surface area contributed by atoms with Gasteiger partial charge in [-0.1, -0.05) is 117 Å². The van der Waals surface area contributed by atoms with E-state index in [9.17, 15) is 0 Å². The number of fused-ring (bicyclic) bond motifs is 1. The predicted octanol–water partition coefficient (Wildman–Crippen LogP) is 5.22. The Hall–Kier alpha value is -2.45. The molecule has 5 rings (SSSR count). The minimum absolute atomic E-state index is 0.0760. The van der Waals surface area contributed by atoms with Crippen LogP contribution >= 0.6 is 23.4 Å². The zero-order valence-electron chi connectivity index (χ0n) is 25.8. The third-order valence-electron chi connectivity index (χ3n) is 7.95. The molecule has 0 N–H and O–H groups in total. The Morgan fingerprint density at radius 3 is 2.18 bits per heavy atom. The summed E-state index contributed by atoms with van der Waals surface area (Å²) in [5.41, 5.74) is 0.632. The molecular formula is C31H39ClFN5O4SSi. The highest BCUT2D eigenvalue weighted by Gasteiger charge is 2.55. The van der Waals surface area contributed by atoms with Crippen LogP contribution in [0.25, 0.3) is 11.2 Å². The van der Waals surface area contributed by atoms with Crippen molar-refractivity contribution in [3.63, 3.8) is 0 Å². The second kappa shape index (κ2) is 13.9. The first kappa shape index (κ1) is 32.9. The number of halogens is 2. The lowest BCUT2D eigenvalue weighted by Gasteiger charge is -2.43. The summed E-state index contributed by atoms with van der Waals surface area (Å²) in [6.45, 7) is 8.72. The molecule has 1 saturated heterocycles. The first-order valence-corrected chi connectivity index (χ1v) is 17.9. The highest BCUT2D eigenvalue weighted by atomic mass is 35.5. The molecule has 0 bridgehead atoms. The zero-order chi connectivity index (χ0) is 31.5. The fourth-order valence-electron chi connectivity index (χ4n) is 5.97. The summed E-state index contributed by atoms with van der Waals surface area (Å²) in [6.07, 6.45) is -3.43. The monoisotopic (exact) mass is 659 g/mol. The largest absolute Gasteiger partial charge is 0.405 e. The maximum absolute atomic E-state index is 16.6. The second-order valence-electron chi connectivity index (χ2n) is 11.7. The maximum atomic E-state index is 16.6. The van der Waals surface area contributed by atoms with Gasteiger partial charge >= 0.3 is 0 Å². The first-order chi connectivity index (χ1) is 21.2. The van der Waals surface area contributed by atoms with Crippen LogP contribution in [0.15, 0.2) is 65.8 Å². The molecule has 9 nitrogen and oxygen atoms in total. The molecule has 13 heteroatoms. The quantitative estimate of drug-likeness (QED) is 0.0667. The number of hydrogen-bond donors (Lipinski definition) is 0. The van der Waals surface area contributed by atoms with Gasteiger partial charge in [0.05, 0.1) is 6.61 Å². The van der Waals surface area contributed by atoms with Crippen LogP contribution in [0.4, 0.5) is 4.39 Å². The first-order valence-electron chi connectivity index (χ1n) is 14.7. The molecule has 1 fully saturated rings. The van der Waals surface area contributed by atoms with Crippen LogP contribution in [0.3, 0.4) is 0 Å². The molecule has 0 unspecified atom stereocenters. The summed E-state index contributed by atoms with van der Waals surface area (Å²) in [5, 5.41) is 11.1. The van der Waals surface area contributed by atoms with Crippen molar-refractivity contribution in [3.05, 3.63) is 65.8 Å². The normalized spacial score (nSPS) is 21.0. The molecule has 2 aromatic carbocycles. The van der Waals surface area contributed by atoms with Gasteiger partial charge in [-0.05, 0) is 21.8 Å². The number of thioether (sulfide) groups is 1.